The van der Waals surface area contributed by atoms with Crippen molar-refractivity contribution in [3.63, 3.8) is 0 Å². The Morgan fingerprint density at radius 2 is 1.68 bits per heavy atom. The number of carbonyl (C=O) groups excluding carboxylic acids is 1. The van der Waals surface area contributed by atoms with Crippen LogP contribution in [0.1, 0.15) is 10.4 Å². The summed E-state index contributed by atoms with van der Waals surface area (Å²) in [4.78, 5) is 29.9. The fourth-order valence-corrected chi connectivity index (χ4v) is 3.74. The molecule has 0 bridgehead atoms. The van der Waals surface area contributed by atoms with Crippen LogP contribution in [0.3, 0.4) is 0 Å². The molecule has 3 aromatic heterocycles. The maximum absolute atomic E-state index is 12.5. The third kappa shape index (κ3) is 3.99. The van der Waals surface area contributed by atoms with Crippen LogP contribution in [-0.2, 0) is 0 Å². The number of halogens is 1. The molecule has 4 aromatic rings. The first-order valence-electron chi connectivity index (χ1n) is 9.86. The number of imidazole rings is 1. The zero-order valence-corrected chi connectivity index (χ0v) is 17.3. The summed E-state index contributed by atoms with van der Waals surface area (Å²) in [6.45, 7) is 3.24. The van der Waals surface area contributed by atoms with Gasteiger partial charge in [-0.05, 0) is 30.3 Å². The van der Waals surface area contributed by atoms with Crippen LogP contribution in [-0.4, -0.2) is 56.7 Å². The van der Waals surface area contributed by atoms with Crippen LogP contribution in [0, 0.1) is 0 Å². The highest BCUT2D eigenvalue weighted by molar-refractivity contribution is 6.34. The van der Waals surface area contributed by atoms with Crippen LogP contribution in [0.15, 0.2) is 61.1 Å². The van der Waals surface area contributed by atoms with Crippen molar-refractivity contribution in [2.24, 2.45) is 0 Å². The van der Waals surface area contributed by atoms with Crippen LogP contribution in [0.25, 0.3) is 5.65 Å². The van der Waals surface area contributed by atoms with Gasteiger partial charge in [0.15, 0.2) is 11.5 Å². The molecule has 0 spiro atoms. The Labute approximate surface area is 183 Å². The minimum atomic E-state index is -0.312. The lowest BCUT2D eigenvalue weighted by molar-refractivity contribution is 0.102. The third-order valence-corrected chi connectivity index (χ3v) is 5.43. The first-order valence-corrected chi connectivity index (χ1v) is 10.2. The number of rotatable bonds is 4. The topological polar surface area (TPSA) is 91.6 Å². The van der Waals surface area contributed by atoms with Crippen molar-refractivity contribution in [1.82, 2.24) is 24.6 Å². The van der Waals surface area contributed by atoms with Gasteiger partial charge in [-0.15, -0.1) is 5.10 Å². The van der Waals surface area contributed by atoms with Gasteiger partial charge >= 0.3 is 0 Å². The molecular formula is C21H19ClN8O. The van der Waals surface area contributed by atoms with E-state index in [2.05, 4.69) is 35.2 Å². The molecule has 1 aromatic carbocycles. The molecule has 5 rings (SSSR count). The largest absolute Gasteiger partial charge is 0.352 e. The Bertz CT molecular complexity index is 1220. The SMILES string of the molecule is O=C(Nc1cn2nc(N3CCN(c4ncccn4)CC3)ccc2n1)c1ccccc1Cl. The number of amides is 1. The van der Waals surface area contributed by atoms with Gasteiger partial charge in [0.05, 0.1) is 16.8 Å². The lowest BCUT2D eigenvalue weighted by Gasteiger charge is -2.35. The molecule has 1 saturated heterocycles. The predicted octanol–water partition coefficient (Wildman–Crippen LogP) is 2.75. The van der Waals surface area contributed by atoms with E-state index >= 15 is 0 Å². The second kappa shape index (κ2) is 8.19. The van der Waals surface area contributed by atoms with Crippen molar-refractivity contribution in [3.8, 4) is 0 Å². The van der Waals surface area contributed by atoms with Crippen molar-refractivity contribution in [3.05, 3.63) is 71.6 Å². The Morgan fingerprint density at radius 3 is 2.45 bits per heavy atom. The average Bonchev–Trinajstić information content (AvgIpc) is 3.21. The maximum atomic E-state index is 12.5. The molecule has 1 fully saturated rings. The molecule has 31 heavy (non-hydrogen) atoms. The number of nitrogens with zero attached hydrogens (tertiary/aromatic N) is 7. The Kier molecular flexibility index (Phi) is 5.09. The zero-order chi connectivity index (χ0) is 21.2. The van der Waals surface area contributed by atoms with Gasteiger partial charge < -0.3 is 15.1 Å². The van der Waals surface area contributed by atoms with Crippen LogP contribution in [0.2, 0.25) is 5.02 Å². The fourth-order valence-electron chi connectivity index (χ4n) is 3.52. The number of aromatic nitrogens is 5. The van der Waals surface area contributed by atoms with Crippen molar-refractivity contribution < 1.29 is 4.79 Å². The van der Waals surface area contributed by atoms with E-state index < -0.39 is 0 Å². The van der Waals surface area contributed by atoms with Crippen molar-refractivity contribution in [2.75, 3.05) is 41.3 Å². The molecule has 1 aliphatic heterocycles. The first kappa shape index (κ1) is 19.3. The lowest BCUT2D eigenvalue weighted by atomic mass is 10.2. The number of nitrogens with one attached hydrogen (secondary N) is 1. The quantitative estimate of drug-likeness (QED) is 0.528. The minimum Gasteiger partial charge on any atom is -0.352 e. The molecule has 0 unspecified atom stereocenters. The van der Waals surface area contributed by atoms with E-state index in [1.54, 1.807) is 47.4 Å². The summed E-state index contributed by atoms with van der Waals surface area (Å²) in [5, 5.41) is 7.84. The third-order valence-electron chi connectivity index (χ3n) is 5.10. The molecule has 0 atom stereocenters. The highest BCUT2D eigenvalue weighted by Gasteiger charge is 2.20. The van der Waals surface area contributed by atoms with Crippen molar-refractivity contribution in [1.29, 1.82) is 0 Å². The summed E-state index contributed by atoms with van der Waals surface area (Å²) in [7, 11) is 0. The maximum Gasteiger partial charge on any atom is 0.258 e. The highest BCUT2D eigenvalue weighted by atomic mass is 35.5. The Hall–Kier alpha value is -3.72. The van der Waals surface area contributed by atoms with E-state index in [1.807, 2.05) is 18.2 Å². The smallest absolute Gasteiger partial charge is 0.258 e. The summed E-state index contributed by atoms with van der Waals surface area (Å²) in [5.74, 6) is 1.70. The molecule has 4 heterocycles. The molecule has 156 valence electrons. The standard InChI is InChI=1S/C21H19ClN8O/c22-16-5-2-1-4-15(16)20(31)26-17-14-30-18(25-17)6-7-19(27-30)28-10-12-29(13-11-28)21-23-8-3-9-24-21/h1-9,14H,10-13H2,(H,26,31). The van der Waals surface area contributed by atoms with Crippen LogP contribution >= 0.6 is 11.6 Å². The molecule has 9 nitrogen and oxygen atoms in total. The Balaban J connectivity index is 1.29. The van der Waals surface area contributed by atoms with Crippen LogP contribution in [0.4, 0.5) is 17.6 Å². The van der Waals surface area contributed by atoms with E-state index in [4.69, 9.17) is 11.6 Å². The summed E-state index contributed by atoms with van der Waals surface area (Å²) < 4.78 is 1.67. The van der Waals surface area contributed by atoms with Gasteiger partial charge in [-0.1, -0.05) is 23.7 Å². The number of anilines is 3. The number of hydrogen-bond acceptors (Lipinski definition) is 7. The van der Waals surface area contributed by atoms with Gasteiger partial charge in [0.1, 0.15) is 5.82 Å². The van der Waals surface area contributed by atoms with Gasteiger partial charge in [-0.25, -0.2) is 19.5 Å². The van der Waals surface area contributed by atoms with Crippen LogP contribution < -0.4 is 15.1 Å². The number of benzene rings is 1. The van der Waals surface area contributed by atoms with Gasteiger partial charge in [-0.3, -0.25) is 4.79 Å². The second-order valence-corrected chi connectivity index (χ2v) is 7.48. The van der Waals surface area contributed by atoms with Crippen molar-refractivity contribution >= 4 is 40.7 Å². The molecule has 0 aliphatic carbocycles. The molecule has 10 heteroatoms. The van der Waals surface area contributed by atoms with Gasteiger partial charge in [0.2, 0.25) is 5.95 Å². The summed E-state index contributed by atoms with van der Waals surface area (Å²) in [6.07, 6.45) is 5.21. The van der Waals surface area contributed by atoms with E-state index in [-0.39, 0.29) is 5.91 Å². The Morgan fingerprint density at radius 1 is 0.935 bits per heavy atom. The molecule has 1 N–H and O–H groups in total. The molecule has 0 radical (unpaired) electrons. The van der Waals surface area contributed by atoms with E-state index in [9.17, 15) is 4.79 Å². The molecule has 1 amide bonds. The number of fused-ring (bicyclic) bond motifs is 1. The monoisotopic (exact) mass is 434 g/mol. The van der Waals surface area contributed by atoms with E-state index in [0.717, 1.165) is 37.9 Å². The van der Waals surface area contributed by atoms with E-state index in [0.29, 0.717) is 22.1 Å². The van der Waals surface area contributed by atoms with Crippen LogP contribution in [0.5, 0.6) is 0 Å². The van der Waals surface area contributed by atoms with Crippen molar-refractivity contribution in [2.45, 2.75) is 0 Å². The first-order chi connectivity index (χ1) is 15.2. The van der Waals surface area contributed by atoms with Gasteiger partial charge in [-0.2, -0.15) is 0 Å². The summed E-state index contributed by atoms with van der Waals surface area (Å²) >= 11 is 6.10. The number of piperazine rings is 1. The molecule has 1 aliphatic rings. The van der Waals surface area contributed by atoms with Gasteiger partial charge in [0.25, 0.3) is 5.91 Å². The minimum absolute atomic E-state index is 0.312. The number of hydrogen-bond donors (Lipinski definition) is 1. The molecule has 0 saturated carbocycles. The average molecular weight is 435 g/mol. The van der Waals surface area contributed by atoms with E-state index in [1.165, 1.54) is 0 Å². The number of carbonyl (C=O) groups is 1. The molecular weight excluding hydrogens is 416 g/mol. The summed E-state index contributed by atoms with van der Waals surface area (Å²) in [6, 6.07) is 12.5. The lowest BCUT2D eigenvalue weighted by Crippen LogP contribution is -2.47. The summed E-state index contributed by atoms with van der Waals surface area (Å²) in [5.41, 5.74) is 1.05. The predicted molar refractivity (Wildman–Crippen MR) is 119 cm³/mol. The normalized spacial score (nSPS) is 14.1. The second-order valence-electron chi connectivity index (χ2n) is 7.08. The van der Waals surface area contributed by atoms with Gasteiger partial charge in [0, 0.05) is 38.6 Å². The fraction of sp³-hybridized carbons (Fsp3) is 0.190. The highest BCUT2D eigenvalue weighted by Crippen LogP contribution is 2.19. The zero-order valence-electron chi connectivity index (χ0n) is 16.5.